The standard InChI is InChI=1S/C10H15ClN2O2S/c1-6(2)7(5-16)3-13-4-8(11)9(14)12-10(13)15/h4,6-7,16H,3,5H2,1-2H3,(H,12,14,15). The predicted octanol–water partition coefficient (Wildman–Crippen LogP) is 1.39. The van der Waals surface area contributed by atoms with Gasteiger partial charge in [0, 0.05) is 12.7 Å². The molecule has 90 valence electrons. The van der Waals surface area contributed by atoms with Crippen LogP contribution in [0.4, 0.5) is 0 Å². The molecule has 4 nitrogen and oxygen atoms in total. The second kappa shape index (κ2) is 5.59. The van der Waals surface area contributed by atoms with Gasteiger partial charge in [-0.05, 0) is 17.6 Å². The Morgan fingerprint density at radius 1 is 1.50 bits per heavy atom. The fourth-order valence-corrected chi connectivity index (χ4v) is 2.05. The molecule has 0 saturated heterocycles. The van der Waals surface area contributed by atoms with E-state index in [0.29, 0.717) is 18.2 Å². The van der Waals surface area contributed by atoms with Gasteiger partial charge in [-0.15, -0.1) is 0 Å². The highest BCUT2D eigenvalue weighted by Crippen LogP contribution is 2.14. The highest BCUT2D eigenvalue weighted by molar-refractivity contribution is 7.80. The van der Waals surface area contributed by atoms with Gasteiger partial charge in [0.05, 0.1) is 0 Å². The van der Waals surface area contributed by atoms with Crippen molar-refractivity contribution in [2.75, 3.05) is 5.75 Å². The van der Waals surface area contributed by atoms with Gasteiger partial charge in [0.25, 0.3) is 5.56 Å². The van der Waals surface area contributed by atoms with Crippen LogP contribution in [0.15, 0.2) is 15.8 Å². The third-order valence-electron chi connectivity index (χ3n) is 2.58. The van der Waals surface area contributed by atoms with E-state index in [2.05, 4.69) is 31.5 Å². The molecule has 1 heterocycles. The van der Waals surface area contributed by atoms with Gasteiger partial charge in [-0.3, -0.25) is 14.3 Å². The third kappa shape index (κ3) is 3.15. The van der Waals surface area contributed by atoms with E-state index in [4.69, 9.17) is 11.6 Å². The third-order valence-corrected chi connectivity index (χ3v) is 3.31. The van der Waals surface area contributed by atoms with Crippen LogP contribution in [0.3, 0.4) is 0 Å². The van der Waals surface area contributed by atoms with E-state index in [1.807, 2.05) is 0 Å². The van der Waals surface area contributed by atoms with Crippen LogP contribution in [-0.4, -0.2) is 15.3 Å². The van der Waals surface area contributed by atoms with E-state index in [1.165, 1.54) is 10.8 Å². The zero-order valence-corrected chi connectivity index (χ0v) is 10.9. The molecule has 1 unspecified atom stereocenters. The first-order chi connectivity index (χ1) is 7.45. The maximum Gasteiger partial charge on any atom is 0.328 e. The lowest BCUT2D eigenvalue weighted by Gasteiger charge is -2.19. The Morgan fingerprint density at radius 3 is 2.62 bits per heavy atom. The monoisotopic (exact) mass is 262 g/mol. The summed E-state index contributed by atoms with van der Waals surface area (Å²) in [5, 5.41) is 0.0290. The number of nitrogens with one attached hydrogen (secondary N) is 1. The van der Waals surface area contributed by atoms with Crippen LogP contribution in [0.2, 0.25) is 5.02 Å². The molecule has 0 spiro atoms. The fourth-order valence-electron chi connectivity index (χ4n) is 1.35. The van der Waals surface area contributed by atoms with Gasteiger partial charge in [0.15, 0.2) is 0 Å². The molecule has 0 aliphatic heterocycles. The molecular formula is C10H15ClN2O2S. The summed E-state index contributed by atoms with van der Waals surface area (Å²) in [4.78, 5) is 24.7. The molecule has 0 radical (unpaired) electrons. The Morgan fingerprint density at radius 2 is 2.12 bits per heavy atom. The second-order valence-electron chi connectivity index (χ2n) is 4.08. The van der Waals surface area contributed by atoms with E-state index < -0.39 is 11.2 Å². The molecule has 0 bridgehead atoms. The number of aromatic nitrogens is 2. The number of thiol groups is 1. The smallest absolute Gasteiger partial charge is 0.299 e. The summed E-state index contributed by atoms with van der Waals surface area (Å²) >= 11 is 9.91. The highest BCUT2D eigenvalue weighted by Gasteiger charge is 2.13. The van der Waals surface area contributed by atoms with Gasteiger partial charge in [0.2, 0.25) is 0 Å². The molecule has 16 heavy (non-hydrogen) atoms. The van der Waals surface area contributed by atoms with Crippen molar-refractivity contribution in [3.63, 3.8) is 0 Å². The summed E-state index contributed by atoms with van der Waals surface area (Å²) in [6.45, 7) is 4.65. The Balaban J connectivity index is 3.01. The molecule has 1 rings (SSSR count). The van der Waals surface area contributed by atoms with Crippen molar-refractivity contribution in [2.24, 2.45) is 11.8 Å². The number of rotatable bonds is 4. The minimum atomic E-state index is -0.546. The molecule has 1 N–H and O–H groups in total. The molecule has 0 amide bonds. The quantitative estimate of drug-likeness (QED) is 0.806. The number of hydrogen-bond acceptors (Lipinski definition) is 3. The van der Waals surface area contributed by atoms with Crippen molar-refractivity contribution in [3.8, 4) is 0 Å². The predicted molar refractivity (Wildman–Crippen MR) is 68.5 cm³/mol. The van der Waals surface area contributed by atoms with Crippen molar-refractivity contribution in [2.45, 2.75) is 20.4 Å². The fraction of sp³-hybridized carbons (Fsp3) is 0.600. The van der Waals surface area contributed by atoms with Crippen molar-refractivity contribution < 1.29 is 0 Å². The van der Waals surface area contributed by atoms with E-state index in [9.17, 15) is 9.59 Å². The summed E-state index contributed by atoms with van der Waals surface area (Å²) in [5.41, 5.74) is -0.975. The van der Waals surface area contributed by atoms with Crippen molar-refractivity contribution in [3.05, 3.63) is 32.1 Å². The summed E-state index contributed by atoms with van der Waals surface area (Å²) in [7, 11) is 0. The van der Waals surface area contributed by atoms with E-state index in [-0.39, 0.29) is 10.9 Å². The summed E-state index contributed by atoms with van der Waals surface area (Å²) in [5.74, 6) is 1.36. The Kier molecular flexibility index (Phi) is 4.68. The van der Waals surface area contributed by atoms with Gasteiger partial charge >= 0.3 is 5.69 Å². The first-order valence-corrected chi connectivity index (χ1v) is 6.07. The van der Waals surface area contributed by atoms with Crippen LogP contribution < -0.4 is 11.2 Å². The zero-order chi connectivity index (χ0) is 12.3. The molecule has 1 aromatic rings. The molecule has 0 fully saturated rings. The Labute approximate surface area is 104 Å². The van der Waals surface area contributed by atoms with Crippen LogP contribution in [-0.2, 0) is 6.54 Å². The zero-order valence-electron chi connectivity index (χ0n) is 9.24. The molecule has 0 aromatic carbocycles. The average Bonchev–Trinajstić information content (AvgIpc) is 2.21. The van der Waals surface area contributed by atoms with E-state index >= 15 is 0 Å². The molecular weight excluding hydrogens is 248 g/mol. The lowest BCUT2D eigenvalue weighted by molar-refractivity contribution is 0.364. The van der Waals surface area contributed by atoms with Crippen LogP contribution in [0, 0.1) is 11.8 Å². The molecule has 1 aromatic heterocycles. The van der Waals surface area contributed by atoms with Gasteiger partial charge in [-0.1, -0.05) is 25.4 Å². The van der Waals surface area contributed by atoms with Crippen molar-refractivity contribution >= 4 is 24.2 Å². The van der Waals surface area contributed by atoms with Crippen LogP contribution in [0.5, 0.6) is 0 Å². The summed E-state index contributed by atoms with van der Waals surface area (Å²) in [6, 6.07) is 0. The normalized spacial score (nSPS) is 13.1. The SMILES string of the molecule is CC(C)C(CS)Cn1cc(Cl)c(=O)[nH]c1=O. The summed E-state index contributed by atoms with van der Waals surface area (Å²) < 4.78 is 1.42. The van der Waals surface area contributed by atoms with E-state index in [1.54, 1.807) is 0 Å². The maximum absolute atomic E-state index is 11.5. The second-order valence-corrected chi connectivity index (χ2v) is 4.85. The van der Waals surface area contributed by atoms with Gasteiger partial charge in [-0.2, -0.15) is 12.6 Å². The van der Waals surface area contributed by atoms with Gasteiger partial charge < -0.3 is 0 Å². The lowest BCUT2D eigenvalue weighted by Crippen LogP contribution is -2.33. The summed E-state index contributed by atoms with van der Waals surface area (Å²) in [6.07, 6.45) is 1.38. The van der Waals surface area contributed by atoms with Gasteiger partial charge in [-0.25, -0.2) is 4.79 Å². The molecule has 6 heteroatoms. The first kappa shape index (κ1) is 13.4. The number of nitrogens with zero attached hydrogens (tertiary/aromatic N) is 1. The highest BCUT2D eigenvalue weighted by atomic mass is 35.5. The van der Waals surface area contributed by atoms with Crippen LogP contribution in [0.25, 0.3) is 0 Å². The minimum absolute atomic E-state index is 0.0290. The lowest BCUT2D eigenvalue weighted by atomic mass is 9.98. The molecule has 0 aliphatic carbocycles. The van der Waals surface area contributed by atoms with Crippen LogP contribution in [0.1, 0.15) is 13.8 Å². The van der Waals surface area contributed by atoms with Crippen molar-refractivity contribution in [1.82, 2.24) is 9.55 Å². The maximum atomic E-state index is 11.5. The molecule has 0 aliphatic rings. The van der Waals surface area contributed by atoms with E-state index in [0.717, 1.165) is 0 Å². The average molecular weight is 263 g/mol. The largest absolute Gasteiger partial charge is 0.328 e. The molecule has 0 saturated carbocycles. The van der Waals surface area contributed by atoms with Crippen LogP contribution >= 0.6 is 24.2 Å². The minimum Gasteiger partial charge on any atom is -0.299 e. The Hall–Kier alpha value is -0.680. The number of halogens is 1. The Bertz CT molecular complexity index is 467. The number of aromatic amines is 1. The number of H-pyrrole nitrogens is 1. The van der Waals surface area contributed by atoms with Gasteiger partial charge in [0.1, 0.15) is 5.02 Å². The molecule has 1 atom stereocenters. The van der Waals surface area contributed by atoms with Crippen molar-refractivity contribution in [1.29, 1.82) is 0 Å². The number of hydrogen-bond donors (Lipinski definition) is 2. The first-order valence-electron chi connectivity index (χ1n) is 5.05. The topological polar surface area (TPSA) is 54.9 Å².